The number of carbonyl (C=O) groups is 1. The first-order valence-corrected chi connectivity index (χ1v) is 5.59. The number of carboxylic acids is 1. The number of nitrogens with two attached hydrogens (primary N) is 1. The van der Waals surface area contributed by atoms with Gasteiger partial charge in [0, 0.05) is 11.1 Å². The average molecular weight is 240 g/mol. The van der Waals surface area contributed by atoms with E-state index >= 15 is 0 Å². The zero-order valence-corrected chi connectivity index (χ0v) is 9.79. The van der Waals surface area contributed by atoms with Gasteiger partial charge in [-0.3, -0.25) is 4.79 Å². The Hall–Kier alpha value is -1.06. The summed E-state index contributed by atoms with van der Waals surface area (Å²) in [6, 6.07) is 5.45. The van der Waals surface area contributed by atoms with E-state index in [1.54, 1.807) is 12.1 Å². The van der Waals surface area contributed by atoms with Gasteiger partial charge >= 0.3 is 5.97 Å². The highest BCUT2D eigenvalue weighted by Crippen LogP contribution is 2.45. The number of hydrogen-bond donors (Lipinski definition) is 2. The first-order chi connectivity index (χ1) is 7.45. The van der Waals surface area contributed by atoms with Gasteiger partial charge in [-0.2, -0.15) is 0 Å². The molecule has 0 radical (unpaired) electrons. The molecule has 0 amide bonds. The van der Waals surface area contributed by atoms with E-state index in [1.807, 2.05) is 13.0 Å². The van der Waals surface area contributed by atoms with Crippen LogP contribution in [0.15, 0.2) is 18.2 Å². The summed E-state index contributed by atoms with van der Waals surface area (Å²) in [4.78, 5) is 11.4. The Bertz CT molecular complexity index is 439. The molecule has 1 fully saturated rings. The van der Waals surface area contributed by atoms with Gasteiger partial charge in [0.25, 0.3) is 0 Å². The normalized spacial score (nSPS) is 28.6. The Morgan fingerprint density at radius 2 is 2.19 bits per heavy atom. The quantitative estimate of drug-likeness (QED) is 0.831. The smallest absolute Gasteiger partial charge is 0.314 e. The number of rotatable bonds is 2. The molecule has 0 atom stereocenters. The number of hydrogen-bond acceptors (Lipinski definition) is 2. The number of halogens is 1. The zero-order chi connectivity index (χ0) is 11.9. The molecule has 4 heteroatoms. The van der Waals surface area contributed by atoms with Gasteiger partial charge in [0.05, 0.1) is 5.41 Å². The molecule has 0 saturated heterocycles. The van der Waals surface area contributed by atoms with Crippen molar-refractivity contribution < 1.29 is 9.90 Å². The Kier molecular flexibility index (Phi) is 2.68. The van der Waals surface area contributed by atoms with Gasteiger partial charge < -0.3 is 10.8 Å². The monoisotopic (exact) mass is 239 g/mol. The van der Waals surface area contributed by atoms with E-state index in [1.165, 1.54) is 0 Å². The maximum absolute atomic E-state index is 11.4. The van der Waals surface area contributed by atoms with Gasteiger partial charge in [0.15, 0.2) is 0 Å². The fraction of sp³-hybridized carbons (Fsp3) is 0.417. The molecule has 1 saturated carbocycles. The zero-order valence-electron chi connectivity index (χ0n) is 9.03. The standard InChI is InChI=1S/C12H14ClNO2/c1-7-2-3-9(10(13)4-7)12(11(15)16)5-8(14)6-12/h2-4,8H,5-6,14H2,1H3,(H,15,16). The number of carboxylic acid groups (broad SMARTS) is 1. The van der Waals surface area contributed by atoms with Crippen LogP contribution < -0.4 is 5.73 Å². The molecule has 1 aliphatic rings. The van der Waals surface area contributed by atoms with E-state index < -0.39 is 11.4 Å². The molecule has 3 N–H and O–H groups in total. The van der Waals surface area contributed by atoms with Crippen molar-refractivity contribution in [3.05, 3.63) is 34.3 Å². The van der Waals surface area contributed by atoms with Gasteiger partial charge in [-0.1, -0.05) is 23.7 Å². The number of benzene rings is 1. The van der Waals surface area contributed by atoms with Crippen molar-refractivity contribution >= 4 is 17.6 Å². The molecule has 0 bridgehead atoms. The molecular weight excluding hydrogens is 226 g/mol. The van der Waals surface area contributed by atoms with Crippen molar-refractivity contribution in [3.8, 4) is 0 Å². The highest BCUT2D eigenvalue weighted by Gasteiger charge is 2.51. The van der Waals surface area contributed by atoms with Crippen molar-refractivity contribution in [2.75, 3.05) is 0 Å². The van der Waals surface area contributed by atoms with Crippen LogP contribution in [0.5, 0.6) is 0 Å². The van der Waals surface area contributed by atoms with Gasteiger partial charge in [-0.15, -0.1) is 0 Å². The maximum atomic E-state index is 11.4. The van der Waals surface area contributed by atoms with E-state index in [2.05, 4.69) is 0 Å². The van der Waals surface area contributed by atoms with E-state index in [-0.39, 0.29) is 6.04 Å². The topological polar surface area (TPSA) is 63.3 Å². The molecule has 0 spiro atoms. The first kappa shape index (κ1) is 11.4. The summed E-state index contributed by atoms with van der Waals surface area (Å²) in [5.41, 5.74) is 6.55. The summed E-state index contributed by atoms with van der Waals surface area (Å²) < 4.78 is 0. The minimum Gasteiger partial charge on any atom is -0.481 e. The molecule has 86 valence electrons. The lowest BCUT2D eigenvalue weighted by atomic mass is 9.62. The fourth-order valence-corrected chi connectivity index (χ4v) is 2.77. The SMILES string of the molecule is Cc1ccc(C2(C(=O)O)CC(N)C2)c(Cl)c1. The lowest BCUT2D eigenvalue weighted by molar-refractivity contribution is -0.148. The van der Waals surface area contributed by atoms with Crippen LogP contribution in [-0.2, 0) is 10.2 Å². The van der Waals surface area contributed by atoms with Crippen LogP contribution >= 0.6 is 11.6 Å². The van der Waals surface area contributed by atoms with E-state index in [4.69, 9.17) is 17.3 Å². The van der Waals surface area contributed by atoms with Crippen molar-refractivity contribution in [1.82, 2.24) is 0 Å². The van der Waals surface area contributed by atoms with Crippen LogP contribution in [0, 0.1) is 6.92 Å². The van der Waals surface area contributed by atoms with Crippen molar-refractivity contribution in [1.29, 1.82) is 0 Å². The van der Waals surface area contributed by atoms with Gasteiger partial charge in [0.1, 0.15) is 0 Å². The van der Waals surface area contributed by atoms with Crippen molar-refractivity contribution in [2.45, 2.75) is 31.2 Å². The molecule has 3 nitrogen and oxygen atoms in total. The predicted molar refractivity (Wildman–Crippen MR) is 62.7 cm³/mol. The molecule has 0 unspecified atom stereocenters. The first-order valence-electron chi connectivity index (χ1n) is 5.21. The molecule has 0 aromatic heterocycles. The molecule has 16 heavy (non-hydrogen) atoms. The third-order valence-corrected chi connectivity index (χ3v) is 3.58. The average Bonchev–Trinajstić information content (AvgIpc) is 2.12. The summed E-state index contributed by atoms with van der Waals surface area (Å²) >= 11 is 6.11. The van der Waals surface area contributed by atoms with Crippen molar-refractivity contribution in [2.24, 2.45) is 5.73 Å². The minimum atomic E-state index is -0.871. The predicted octanol–water partition coefficient (Wildman–Crippen LogP) is 2.09. The van der Waals surface area contributed by atoms with E-state index in [0.29, 0.717) is 23.4 Å². The fourth-order valence-electron chi connectivity index (χ4n) is 2.35. The van der Waals surface area contributed by atoms with Crippen LogP contribution in [0.1, 0.15) is 24.0 Å². The van der Waals surface area contributed by atoms with Crippen LogP contribution in [0.25, 0.3) is 0 Å². The third-order valence-electron chi connectivity index (χ3n) is 3.27. The summed E-state index contributed by atoms with van der Waals surface area (Å²) in [6.07, 6.45) is 0.927. The summed E-state index contributed by atoms with van der Waals surface area (Å²) in [6.45, 7) is 1.93. The second-order valence-corrected chi connectivity index (χ2v) is 4.95. The summed E-state index contributed by atoms with van der Waals surface area (Å²) in [7, 11) is 0. The highest BCUT2D eigenvalue weighted by atomic mass is 35.5. The molecule has 0 aliphatic heterocycles. The Morgan fingerprint density at radius 1 is 1.56 bits per heavy atom. The number of aryl methyl sites for hydroxylation is 1. The van der Waals surface area contributed by atoms with Gasteiger partial charge in [0.2, 0.25) is 0 Å². The molecule has 1 aromatic rings. The lowest BCUT2D eigenvalue weighted by Gasteiger charge is -2.43. The van der Waals surface area contributed by atoms with Crippen molar-refractivity contribution in [3.63, 3.8) is 0 Å². The molecule has 0 heterocycles. The van der Waals surface area contributed by atoms with Crippen LogP contribution in [0.4, 0.5) is 0 Å². The second-order valence-electron chi connectivity index (χ2n) is 4.54. The van der Waals surface area contributed by atoms with Gasteiger partial charge in [-0.25, -0.2) is 0 Å². The van der Waals surface area contributed by atoms with Crippen LogP contribution in [0.3, 0.4) is 0 Å². The lowest BCUT2D eigenvalue weighted by Crippen LogP contribution is -2.54. The second kappa shape index (κ2) is 3.75. The Morgan fingerprint density at radius 3 is 2.62 bits per heavy atom. The Labute approximate surface area is 99.2 Å². The third kappa shape index (κ3) is 1.60. The van der Waals surface area contributed by atoms with Gasteiger partial charge in [-0.05, 0) is 37.0 Å². The minimum absolute atomic E-state index is 0.0338. The number of aliphatic carboxylic acids is 1. The summed E-state index contributed by atoms with van der Waals surface area (Å²) in [5, 5.41) is 9.86. The Balaban J connectivity index is 2.45. The molecule has 1 aromatic carbocycles. The van der Waals surface area contributed by atoms with E-state index in [9.17, 15) is 9.90 Å². The van der Waals surface area contributed by atoms with Crippen LogP contribution in [-0.4, -0.2) is 17.1 Å². The summed E-state index contributed by atoms with van der Waals surface area (Å²) in [5.74, 6) is -0.833. The molecular formula is C12H14ClNO2. The van der Waals surface area contributed by atoms with Crippen LogP contribution in [0.2, 0.25) is 5.02 Å². The highest BCUT2D eigenvalue weighted by molar-refractivity contribution is 6.31. The maximum Gasteiger partial charge on any atom is 0.314 e. The van der Waals surface area contributed by atoms with E-state index in [0.717, 1.165) is 5.56 Å². The largest absolute Gasteiger partial charge is 0.481 e. The molecule has 2 rings (SSSR count). The molecule has 1 aliphatic carbocycles.